The molecule has 1 aromatic rings. The van der Waals surface area contributed by atoms with Gasteiger partial charge in [-0.05, 0) is 30.5 Å². The minimum absolute atomic E-state index is 0.267. The highest BCUT2D eigenvalue weighted by molar-refractivity contribution is 6.36. The third-order valence-electron chi connectivity index (χ3n) is 2.37. The zero-order valence-electron chi connectivity index (χ0n) is 7.95. The fraction of sp³-hybridized carbons (Fsp3) is 0.273. The zero-order chi connectivity index (χ0) is 10.1. The van der Waals surface area contributed by atoms with E-state index in [0.717, 1.165) is 23.2 Å². The lowest BCUT2D eigenvalue weighted by molar-refractivity contribution is -0.129. The van der Waals surface area contributed by atoms with E-state index in [4.69, 9.17) is 5.11 Å². The van der Waals surface area contributed by atoms with Crippen LogP contribution in [0.15, 0.2) is 23.2 Å². The van der Waals surface area contributed by atoms with Crippen LogP contribution in [0.4, 0.5) is 5.69 Å². The van der Waals surface area contributed by atoms with Gasteiger partial charge in [0, 0.05) is 6.42 Å². The SMILES string of the molecule is Cc1ccc2c(c1)N=C(C(=O)O)CC2. The number of aryl methyl sites for hydroxylation is 2. The van der Waals surface area contributed by atoms with E-state index in [0.29, 0.717) is 6.42 Å². The van der Waals surface area contributed by atoms with Crippen LogP contribution in [-0.4, -0.2) is 16.8 Å². The van der Waals surface area contributed by atoms with Gasteiger partial charge in [-0.2, -0.15) is 0 Å². The Hall–Kier alpha value is -1.64. The first-order chi connectivity index (χ1) is 6.66. The number of carboxylic acid groups (broad SMARTS) is 1. The lowest BCUT2D eigenvalue weighted by Crippen LogP contribution is -2.16. The van der Waals surface area contributed by atoms with E-state index in [-0.39, 0.29) is 5.71 Å². The zero-order valence-corrected chi connectivity index (χ0v) is 7.95. The molecule has 1 aliphatic rings. The van der Waals surface area contributed by atoms with Crippen molar-refractivity contribution in [1.82, 2.24) is 0 Å². The molecule has 0 bridgehead atoms. The van der Waals surface area contributed by atoms with Gasteiger partial charge in [-0.1, -0.05) is 12.1 Å². The smallest absolute Gasteiger partial charge is 0.350 e. The molecule has 0 aromatic heterocycles. The van der Waals surface area contributed by atoms with Crippen molar-refractivity contribution >= 4 is 17.4 Å². The lowest BCUT2D eigenvalue weighted by Gasteiger charge is -2.13. The number of benzene rings is 1. The first-order valence-corrected chi connectivity index (χ1v) is 4.57. The molecule has 0 saturated carbocycles. The molecule has 1 heterocycles. The molecular weight excluding hydrogens is 178 g/mol. The Morgan fingerprint density at radius 2 is 2.21 bits per heavy atom. The first kappa shape index (κ1) is 8.94. The summed E-state index contributed by atoms with van der Waals surface area (Å²) in [7, 11) is 0. The normalized spacial score (nSPS) is 14.5. The summed E-state index contributed by atoms with van der Waals surface area (Å²) in [4.78, 5) is 14.8. The second-order valence-electron chi connectivity index (χ2n) is 3.50. The second kappa shape index (κ2) is 3.25. The number of aliphatic carboxylic acids is 1. The largest absolute Gasteiger partial charge is 0.477 e. The van der Waals surface area contributed by atoms with Crippen molar-refractivity contribution in [3.05, 3.63) is 29.3 Å². The molecule has 0 amide bonds. The summed E-state index contributed by atoms with van der Waals surface area (Å²) >= 11 is 0. The summed E-state index contributed by atoms with van der Waals surface area (Å²) in [6.07, 6.45) is 1.31. The Kier molecular flexibility index (Phi) is 2.08. The lowest BCUT2D eigenvalue weighted by atomic mass is 10.0. The van der Waals surface area contributed by atoms with Crippen LogP contribution < -0.4 is 0 Å². The maximum Gasteiger partial charge on any atom is 0.350 e. The summed E-state index contributed by atoms with van der Waals surface area (Å²) in [5, 5.41) is 8.80. The molecule has 0 atom stereocenters. The summed E-state index contributed by atoms with van der Waals surface area (Å²) < 4.78 is 0. The highest BCUT2D eigenvalue weighted by atomic mass is 16.4. The Balaban J connectivity index is 2.47. The molecule has 3 heteroatoms. The van der Waals surface area contributed by atoms with Crippen LogP contribution in [0.25, 0.3) is 0 Å². The third kappa shape index (κ3) is 1.53. The van der Waals surface area contributed by atoms with Crippen LogP contribution >= 0.6 is 0 Å². The predicted octanol–water partition coefficient (Wildman–Crippen LogP) is 2.10. The number of nitrogens with zero attached hydrogens (tertiary/aromatic N) is 1. The summed E-state index contributed by atoms with van der Waals surface area (Å²) in [5.74, 6) is -0.905. The van der Waals surface area contributed by atoms with E-state index >= 15 is 0 Å². The minimum atomic E-state index is -0.905. The Labute approximate surface area is 82.1 Å². The molecule has 0 aliphatic carbocycles. The molecule has 1 N–H and O–H groups in total. The van der Waals surface area contributed by atoms with Crippen molar-refractivity contribution in [1.29, 1.82) is 0 Å². The van der Waals surface area contributed by atoms with E-state index in [1.165, 1.54) is 0 Å². The van der Waals surface area contributed by atoms with Crippen molar-refractivity contribution in [3.63, 3.8) is 0 Å². The van der Waals surface area contributed by atoms with Crippen LogP contribution in [0.2, 0.25) is 0 Å². The highest BCUT2D eigenvalue weighted by Crippen LogP contribution is 2.26. The maximum atomic E-state index is 10.7. The fourth-order valence-electron chi connectivity index (χ4n) is 1.60. The van der Waals surface area contributed by atoms with Gasteiger partial charge < -0.3 is 5.11 Å². The van der Waals surface area contributed by atoms with Gasteiger partial charge in [-0.25, -0.2) is 9.79 Å². The van der Waals surface area contributed by atoms with Crippen molar-refractivity contribution in [2.75, 3.05) is 0 Å². The molecule has 72 valence electrons. The number of carboxylic acids is 1. The van der Waals surface area contributed by atoms with Gasteiger partial charge >= 0.3 is 5.97 Å². The number of rotatable bonds is 1. The molecule has 1 aromatic carbocycles. The van der Waals surface area contributed by atoms with Gasteiger partial charge in [0.2, 0.25) is 0 Å². The van der Waals surface area contributed by atoms with E-state index in [9.17, 15) is 4.79 Å². The predicted molar refractivity (Wildman–Crippen MR) is 54.2 cm³/mol. The quantitative estimate of drug-likeness (QED) is 0.735. The van der Waals surface area contributed by atoms with Crippen molar-refractivity contribution in [3.8, 4) is 0 Å². The molecule has 14 heavy (non-hydrogen) atoms. The molecular formula is C11H11NO2. The highest BCUT2D eigenvalue weighted by Gasteiger charge is 2.16. The van der Waals surface area contributed by atoms with Crippen molar-refractivity contribution in [2.45, 2.75) is 19.8 Å². The van der Waals surface area contributed by atoms with Gasteiger partial charge in [0.05, 0.1) is 5.69 Å². The molecule has 0 unspecified atom stereocenters. The van der Waals surface area contributed by atoms with Gasteiger partial charge in [0.25, 0.3) is 0 Å². The molecule has 1 aliphatic heterocycles. The molecule has 0 radical (unpaired) electrons. The monoisotopic (exact) mass is 189 g/mol. The van der Waals surface area contributed by atoms with E-state index in [2.05, 4.69) is 4.99 Å². The topological polar surface area (TPSA) is 49.7 Å². The van der Waals surface area contributed by atoms with Crippen molar-refractivity contribution < 1.29 is 9.90 Å². The third-order valence-corrected chi connectivity index (χ3v) is 2.37. The maximum absolute atomic E-state index is 10.7. The van der Waals surface area contributed by atoms with E-state index < -0.39 is 5.97 Å². The molecule has 0 saturated heterocycles. The Morgan fingerprint density at radius 1 is 1.43 bits per heavy atom. The Bertz CT molecular complexity index is 421. The molecule has 0 fully saturated rings. The molecule has 3 nitrogen and oxygen atoms in total. The van der Waals surface area contributed by atoms with Crippen LogP contribution in [0.5, 0.6) is 0 Å². The second-order valence-corrected chi connectivity index (χ2v) is 3.50. The van der Waals surface area contributed by atoms with Crippen molar-refractivity contribution in [2.24, 2.45) is 4.99 Å². The number of hydrogen-bond donors (Lipinski definition) is 1. The number of hydrogen-bond acceptors (Lipinski definition) is 2. The van der Waals surface area contributed by atoms with Crippen LogP contribution in [-0.2, 0) is 11.2 Å². The van der Waals surface area contributed by atoms with Gasteiger partial charge in [0.15, 0.2) is 0 Å². The van der Waals surface area contributed by atoms with Crippen LogP contribution in [0, 0.1) is 6.92 Å². The van der Waals surface area contributed by atoms with E-state index in [1.807, 2.05) is 25.1 Å². The number of fused-ring (bicyclic) bond motifs is 1. The average Bonchev–Trinajstić information content (AvgIpc) is 2.16. The first-order valence-electron chi connectivity index (χ1n) is 4.57. The average molecular weight is 189 g/mol. The standard InChI is InChI=1S/C11H11NO2/c1-7-2-3-8-4-5-9(11(13)14)12-10(8)6-7/h2-3,6H,4-5H2,1H3,(H,13,14). The summed E-state index contributed by atoms with van der Waals surface area (Å²) in [6, 6.07) is 5.98. The van der Waals surface area contributed by atoms with Crippen LogP contribution in [0.1, 0.15) is 17.5 Å². The number of carbonyl (C=O) groups is 1. The van der Waals surface area contributed by atoms with E-state index in [1.54, 1.807) is 0 Å². The number of aliphatic imine (C=N–C) groups is 1. The summed E-state index contributed by atoms with van der Waals surface area (Å²) in [5.41, 5.74) is 3.33. The molecule has 2 rings (SSSR count). The fourth-order valence-corrected chi connectivity index (χ4v) is 1.60. The Morgan fingerprint density at radius 3 is 2.93 bits per heavy atom. The summed E-state index contributed by atoms with van der Waals surface area (Å²) in [6.45, 7) is 1.98. The van der Waals surface area contributed by atoms with Gasteiger partial charge in [0.1, 0.15) is 5.71 Å². The van der Waals surface area contributed by atoms with Crippen LogP contribution in [0.3, 0.4) is 0 Å². The minimum Gasteiger partial charge on any atom is -0.477 e. The van der Waals surface area contributed by atoms with Gasteiger partial charge in [-0.15, -0.1) is 0 Å². The molecule has 0 spiro atoms. The van der Waals surface area contributed by atoms with Gasteiger partial charge in [-0.3, -0.25) is 0 Å².